The summed E-state index contributed by atoms with van der Waals surface area (Å²) in [6, 6.07) is 8.31. The van der Waals surface area contributed by atoms with Crippen LogP contribution in [0.4, 0.5) is 0 Å². The fourth-order valence-electron chi connectivity index (χ4n) is 4.06. The largest absolute Gasteiger partial charge is 0.504 e. The minimum Gasteiger partial charge on any atom is -0.504 e. The zero-order valence-electron chi connectivity index (χ0n) is 13.7. The molecule has 0 amide bonds. The van der Waals surface area contributed by atoms with E-state index < -0.39 is 0 Å². The second kappa shape index (κ2) is 5.17. The average Bonchev–Trinajstić information content (AvgIpc) is 2.58. The van der Waals surface area contributed by atoms with Gasteiger partial charge in [0, 0.05) is 23.7 Å². The third kappa shape index (κ3) is 1.94. The van der Waals surface area contributed by atoms with Crippen LogP contribution in [0.3, 0.4) is 0 Å². The van der Waals surface area contributed by atoms with Crippen LogP contribution >= 0.6 is 0 Å². The van der Waals surface area contributed by atoms with E-state index in [1.54, 1.807) is 14.2 Å². The van der Waals surface area contributed by atoms with Gasteiger partial charge >= 0.3 is 0 Å². The molecule has 0 bridgehead atoms. The fraction of sp³-hybridized carbons (Fsp3) is 0.368. The summed E-state index contributed by atoms with van der Waals surface area (Å²) in [5, 5.41) is 10.8. The first-order chi connectivity index (χ1) is 11.2. The summed E-state index contributed by atoms with van der Waals surface area (Å²) in [6.07, 6.45) is 1.88. The van der Waals surface area contributed by atoms with Gasteiger partial charge < -0.3 is 14.6 Å². The van der Waals surface area contributed by atoms with Gasteiger partial charge in [-0.05, 0) is 48.7 Å². The summed E-state index contributed by atoms with van der Waals surface area (Å²) >= 11 is 0. The molecule has 0 fully saturated rings. The van der Waals surface area contributed by atoms with Crippen molar-refractivity contribution < 1.29 is 14.6 Å². The highest BCUT2D eigenvalue weighted by molar-refractivity contribution is 5.84. The van der Waals surface area contributed by atoms with Crippen molar-refractivity contribution in [3.8, 4) is 28.4 Å². The first kappa shape index (κ1) is 14.4. The molecule has 1 atom stereocenters. The van der Waals surface area contributed by atoms with Crippen LogP contribution < -0.4 is 9.47 Å². The Bertz CT molecular complexity index is 785. The van der Waals surface area contributed by atoms with E-state index >= 15 is 0 Å². The standard InChI is InChI=1S/C19H21NO3/c1-20-8-7-11-9-16(23-3)19(21)18-12-5-4-6-15(22-2)13(12)10-14(20)17(11)18/h4-6,9,14,21H,7-8,10H2,1-3H3. The van der Waals surface area contributed by atoms with Gasteiger partial charge in [0.1, 0.15) is 5.75 Å². The van der Waals surface area contributed by atoms with Crippen molar-refractivity contribution in [1.29, 1.82) is 0 Å². The summed E-state index contributed by atoms with van der Waals surface area (Å²) in [4.78, 5) is 2.37. The number of rotatable bonds is 2. The smallest absolute Gasteiger partial charge is 0.166 e. The molecule has 0 radical (unpaired) electrons. The SMILES string of the molecule is COc1cc2c3c(c1O)-c1cccc(OC)c1CC3N(C)CC2. The maximum Gasteiger partial charge on any atom is 0.166 e. The lowest BCUT2D eigenvalue weighted by molar-refractivity contribution is 0.225. The molecule has 120 valence electrons. The van der Waals surface area contributed by atoms with Gasteiger partial charge in [0.15, 0.2) is 11.5 Å². The van der Waals surface area contributed by atoms with Crippen LogP contribution in [-0.2, 0) is 12.8 Å². The molecule has 1 N–H and O–H groups in total. The number of phenols is 1. The molecule has 0 saturated heterocycles. The van der Waals surface area contributed by atoms with Crippen LogP contribution in [0.1, 0.15) is 22.7 Å². The molecule has 23 heavy (non-hydrogen) atoms. The zero-order chi connectivity index (χ0) is 16.1. The van der Waals surface area contributed by atoms with Crippen molar-refractivity contribution >= 4 is 0 Å². The summed E-state index contributed by atoms with van der Waals surface area (Å²) in [5.74, 6) is 1.68. The van der Waals surface area contributed by atoms with Gasteiger partial charge in [-0.1, -0.05) is 12.1 Å². The molecule has 4 nitrogen and oxygen atoms in total. The van der Waals surface area contributed by atoms with Crippen molar-refractivity contribution in [2.75, 3.05) is 27.8 Å². The van der Waals surface area contributed by atoms with Crippen LogP contribution in [-0.4, -0.2) is 37.8 Å². The highest BCUT2D eigenvalue weighted by Gasteiger charge is 2.36. The molecule has 1 heterocycles. The Hall–Kier alpha value is -2.20. The Kier molecular flexibility index (Phi) is 3.23. The van der Waals surface area contributed by atoms with Gasteiger partial charge in [0.25, 0.3) is 0 Å². The average molecular weight is 311 g/mol. The molecule has 1 aliphatic carbocycles. The molecule has 2 aliphatic rings. The molecule has 0 saturated carbocycles. The lowest BCUT2D eigenvalue weighted by Gasteiger charge is -2.40. The van der Waals surface area contributed by atoms with Crippen molar-refractivity contribution in [1.82, 2.24) is 4.90 Å². The van der Waals surface area contributed by atoms with E-state index in [1.807, 2.05) is 18.2 Å². The van der Waals surface area contributed by atoms with E-state index in [2.05, 4.69) is 18.0 Å². The van der Waals surface area contributed by atoms with Gasteiger partial charge in [-0.3, -0.25) is 4.90 Å². The van der Waals surface area contributed by atoms with Crippen LogP contribution in [0.2, 0.25) is 0 Å². The number of phenolic OH excluding ortho intramolecular Hbond substituents is 1. The Balaban J connectivity index is 2.08. The van der Waals surface area contributed by atoms with Gasteiger partial charge in [0.05, 0.1) is 14.2 Å². The number of hydrogen-bond acceptors (Lipinski definition) is 4. The van der Waals surface area contributed by atoms with Crippen LogP contribution in [0.15, 0.2) is 24.3 Å². The number of fused-ring (bicyclic) bond motifs is 2. The highest BCUT2D eigenvalue weighted by Crippen LogP contribution is 2.53. The first-order valence-electron chi connectivity index (χ1n) is 7.95. The van der Waals surface area contributed by atoms with E-state index in [-0.39, 0.29) is 11.8 Å². The van der Waals surface area contributed by atoms with Crippen LogP contribution in [0, 0.1) is 0 Å². The maximum absolute atomic E-state index is 10.8. The number of benzene rings is 2. The van der Waals surface area contributed by atoms with Crippen LogP contribution in [0.25, 0.3) is 11.1 Å². The van der Waals surface area contributed by atoms with E-state index in [0.717, 1.165) is 41.8 Å². The molecule has 1 unspecified atom stereocenters. The number of nitrogens with zero attached hydrogens (tertiary/aromatic N) is 1. The predicted molar refractivity (Wildman–Crippen MR) is 89.4 cm³/mol. The summed E-state index contributed by atoms with van der Waals surface area (Å²) in [6.45, 7) is 1.01. The van der Waals surface area contributed by atoms with Crippen molar-refractivity contribution in [3.05, 3.63) is 41.0 Å². The number of ether oxygens (including phenoxy) is 2. The number of methoxy groups -OCH3 is 2. The molecule has 1 aliphatic heterocycles. The minimum absolute atomic E-state index is 0.237. The highest BCUT2D eigenvalue weighted by atomic mass is 16.5. The summed E-state index contributed by atoms with van der Waals surface area (Å²) in [7, 11) is 5.46. The maximum atomic E-state index is 10.8. The van der Waals surface area contributed by atoms with E-state index in [4.69, 9.17) is 9.47 Å². The summed E-state index contributed by atoms with van der Waals surface area (Å²) < 4.78 is 11.0. The third-order valence-electron chi connectivity index (χ3n) is 5.23. The molecular weight excluding hydrogens is 290 g/mol. The number of aromatic hydroxyl groups is 1. The van der Waals surface area contributed by atoms with E-state index in [9.17, 15) is 5.11 Å². The molecule has 4 heteroatoms. The number of hydrogen-bond donors (Lipinski definition) is 1. The normalized spacial score (nSPS) is 19.0. The van der Waals surface area contributed by atoms with Gasteiger partial charge in [0.2, 0.25) is 0 Å². The predicted octanol–water partition coefficient (Wildman–Crippen LogP) is 3.16. The number of likely N-dealkylation sites (N-methyl/N-ethyl adjacent to an activating group) is 1. The second-order valence-electron chi connectivity index (χ2n) is 6.31. The third-order valence-corrected chi connectivity index (χ3v) is 5.23. The Morgan fingerprint density at radius 3 is 2.70 bits per heavy atom. The fourth-order valence-corrected chi connectivity index (χ4v) is 4.06. The molecule has 4 rings (SSSR count). The van der Waals surface area contributed by atoms with Crippen molar-refractivity contribution in [2.24, 2.45) is 0 Å². The van der Waals surface area contributed by atoms with E-state index in [0.29, 0.717) is 5.75 Å². The lowest BCUT2D eigenvalue weighted by atomic mass is 9.76. The zero-order valence-corrected chi connectivity index (χ0v) is 13.7. The molecule has 0 aromatic heterocycles. The van der Waals surface area contributed by atoms with Crippen molar-refractivity contribution in [3.63, 3.8) is 0 Å². The van der Waals surface area contributed by atoms with Crippen LogP contribution in [0.5, 0.6) is 17.2 Å². The molecular formula is C19H21NO3. The van der Waals surface area contributed by atoms with Crippen molar-refractivity contribution in [2.45, 2.75) is 18.9 Å². The molecule has 0 spiro atoms. The van der Waals surface area contributed by atoms with Gasteiger partial charge in [-0.2, -0.15) is 0 Å². The Morgan fingerprint density at radius 2 is 1.96 bits per heavy atom. The summed E-state index contributed by atoms with van der Waals surface area (Å²) in [5.41, 5.74) is 5.67. The molecule has 2 aromatic carbocycles. The second-order valence-corrected chi connectivity index (χ2v) is 6.31. The van der Waals surface area contributed by atoms with Gasteiger partial charge in [-0.15, -0.1) is 0 Å². The van der Waals surface area contributed by atoms with Gasteiger partial charge in [-0.25, -0.2) is 0 Å². The molecule has 2 aromatic rings. The minimum atomic E-state index is 0.237. The monoisotopic (exact) mass is 311 g/mol. The topological polar surface area (TPSA) is 41.9 Å². The van der Waals surface area contributed by atoms with E-state index in [1.165, 1.54) is 11.1 Å². The quantitative estimate of drug-likeness (QED) is 0.925. The lowest BCUT2D eigenvalue weighted by Crippen LogP contribution is -2.35. The first-order valence-corrected chi connectivity index (χ1v) is 7.95. The Labute approximate surface area is 136 Å². The Morgan fingerprint density at radius 1 is 1.17 bits per heavy atom.